The van der Waals surface area contributed by atoms with Crippen LogP contribution in [-0.4, -0.2) is 0 Å². The van der Waals surface area contributed by atoms with E-state index in [1.807, 2.05) is 13.0 Å². The maximum atomic E-state index is 8.85. The number of nitrogens with zero attached hydrogens (tertiary/aromatic N) is 1. The molecule has 0 saturated carbocycles. The molecule has 0 spiro atoms. The van der Waals surface area contributed by atoms with Gasteiger partial charge in [0.1, 0.15) is 0 Å². The zero-order chi connectivity index (χ0) is 10.8. The van der Waals surface area contributed by atoms with E-state index in [1.54, 1.807) is 0 Å². The molecular formula is C14H13N. The minimum atomic E-state index is -0.0318. The van der Waals surface area contributed by atoms with Crippen LogP contribution in [0.4, 0.5) is 0 Å². The van der Waals surface area contributed by atoms with Gasteiger partial charge in [0.05, 0.1) is 12.0 Å². The highest BCUT2D eigenvalue weighted by Crippen LogP contribution is 2.22. The maximum absolute atomic E-state index is 8.85. The molecule has 2 aromatic rings. The standard InChI is InChI=1S/C14H13N/c1-10-3-4-14-8-12(11(2)9-15)5-6-13(14)7-10/h3-8,11H,1-2H3. The molecule has 0 aliphatic rings. The Kier molecular flexibility index (Phi) is 2.43. The Morgan fingerprint density at radius 1 is 1.07 bits per heavy atom. The molecule has 0 fully saturated rings. The van der Waals surface area contributed by atoms with E-state index in [-0.39, 0.29) is 5.92 Å². The molecule has 0 amide bonds. The fourth-order valence-electron chi connectivity index (χ4n) is 1.73. The van der Waals surface area contributed by atoms with Gasteiger partial charge < -0.3 is 0 Å². The van der Waals surface area contributed by atoms with Crippen LogP contribution in [0.1, 0.15) is 24.0 Å². The lowest BCUT2D eigenvalue weighted by atomic mass is 9.98. The van der Waals surface area contributed by atoms with Gasteiger partial charge in [-0.05, 0) is 36.2 Å². The Balaban J connectivity index is 2.58. The number of rotatable bonds is 1. The molecule has 2 aromatic carbocycles. The number of aryl methyl sites for hydroxylation is 1. The predicted octanol–water partition coefficient (Wildman–Crippen LogP) is 3.78. The summed E-state index contributed by atoms with van der Waals surface area (Å²) in [5, 5.41) is 11.3. The summed E-state index contributed by atoms with van der Waals surface area (Å²) in [7, 11) is 0. The Hall–Kier alpha value is -1.81. The van der Waals surface area contributed by atoms with Crippen LogP contribution in [0.3, 0.4) is 0 Å². The van der Waals surface area contributed by atoms with Crippen molar-refractivity contribution in [2.45, 2.75) is 19.8 Å². The van der Waals surface area contributed by atoms with Crippen molar-refractivity contribution in [1.29, 1.82) is 5.26 Å². The van der Waals surface area contributed by atoms with Crippen LogP contribution < -0.4 is 0 Å². The lowest BCUT2D eigenvalue weighted by Crippen LogP contribution is -1.88. The molecule has 1 heteroatoms. The summed E-state index contributed by atoms with van der Waals surface area (Å²) >= 11 is 0. The van der Waals surface area contributed by atoms with Gasteiger partial charge in [-0.15, -0.1) is 0 Å². The molecule has 0 radical (unpaired) electrons. The highest BCUT2D eigenvalue weighted by Gasteiger charge is 2.04. The molecule has 2 rings (SSSR count). The number of benzene rings is 2. The van der Waals surface area contributed by atoms with E-state index in [1.165, 1.54) is 16.3 Å². The molecule has 0 aliphatic heterocycles. The van der Waals surface area contributed by atoms with E-state index in [9.17, 15) is 0 Å². The van der Waals surface area contributed by atoms with E-state index < -0.39 is 0 Å². The molecule has 0 bridgehead atoms. The van der Waals surface area contributed by atoms with Crippen molar-refractivity contribution in [1.82, 2.24) is 0 Å². The smallest absolute Gasteiger partial charge is 0.0700 e. The van der Waals surface area contributed by atoms with Gasteiger partial charge in [0.2, 0.25) is 0 Å². The van der Waals surface area contributed by atoms with E-state index >= 15 is 0 Å². The van der Waals surface area contributed by atoms with Gasteiger partial charge in [-0.25, -0.2) is 0 Å². The van der Waals surface area contributed by atoms with Crippen LogP contribution in [0.5, 0.6) is 0 Å². The van der Waals surface area contributed by atoms with Gasteiger partial charge >= 0.3 is 0 Å². The molecule has 0 saturated heterocycles. The second-order valence-electron chi connectivity index (χ2n) is 3.96. The first-order chi connectivity index (χ1) is 7.20. The van der Waals surface area contributed by atoms with Crippen LogP contribution in [0, 0.1) is 18.3 Å². The predicted molar refractivity (Wildman–Crippen MR) is 62.7 cm³/mol. The zero-order valence-electron chi connectivity index (χ0n) is 8.99. The summed E-state index contributed by atoms with van der Waals surface area (Å²) in [5.74, 6) is -0.0318. The maximum Gasteiger partial charge on any atom is 0.0700 e. The molecule has 1 nitrogen and oxygen atoms in total. The van der Waals surface area contributed by atoms with Crippen LogP contribution >= 0.6 is 0 Å². The van der Waals surface area contributed by atoms with E-state index in [2.05, 4.69) is 43.3 Å². The molecule has 0 aliphatic carbocycles. The molecule has 74 valence electrons. The van der Waals surface area contributed by atoms with Crippen molar-refractivity contribution in [2.24, 2.45) is 0 Å². The topological polar surface area (TPSA) is 23.8 Å². The van der Waals surface area contributed by atoms with Gasteiger partial charge in [-0.1, -0.05) is 35.9 Å². The summed E-state index contributed by atoms with van der Waals surface area (Å²) in [6.07, 6.45) is 0. The molecule has 15 heavy (non-hydrogen) atoms. The van der Waals surface area contributed by atoms with Gasteiger partial charge in [-0.3, -0.25) is 0 Å². The Bertz CT molecular complexity index is 535. The van der Waals surface area contributed by atoms with Crippen LogP contribution in [0.25, 0.3) is 10.8 Å². The van der Waals surface area contributed by atoms with Gasteiger partial charge in [0, 0.05) is 0 Å². The fourth-order valence-corrected chi connectivity index (χ4v) is 1.73. The monoisotopic (exact) mass is 195 g/mol. The summed E-state index contributed by atoms with van der Waals surface area (Å²) in [5.41, 5.74) is 2.36. The minimum Gasteiger partial charge on any atom is -0.198 e. The van der Waals surface area contributed by atoms with Gasteiger partial charge in [-0.2, -0.15) is 5.26 Å². The third-order valence-corrected chi connectivity index (χ3v) is 2.71. The van der Waals surface area contributed by atoms with Crippen molar-refractivity contribution >= 4 is 10.8 Å². The van der Waals surface area contributed by atoms with E-state index in [4.69, 9.17) is 5.26 Å². The molecule has 0 aromatic heterocycles. The van der Waals surface area contributed by atoms with E-state index in [0.29, 0.717) is 0 Å². The van der Waals surface area contributed by atoms with Crippen molar-refractivity contribution in [3.63, 3.8) is 0 Å². The highest BCUT2D eigenvalue weighted by atomic mass is 14.3. The molecule has 1 atom stereocenters. The Labute approximate surface area is 90.0 Å². The third-order valence-electron chi connectivity index (χ3n) is 2.71. The first kappa shape index (κ1) is 9.73. The minimum absolute atomic E-state index is 0.0318. The van der Waals surface area contributed by atoms with Crippen molar-refractivity contribution in [2.75, 3.05) is 0 Å². The summed E-state index contributed by atoms with van der Waals surface area (Å²) < 4.78 is 0. The number of fused-ring (bicyclic) bond motifs is 1. The first-order valence-corrected chi connectivity index (χ1v) is 5.10. The van der Waals surface area contributed by atoms with Crippen LogP contribution in [0.2, 0.25) is 0 Å². The fraction of sp³-hybridized carbons (Fsp3) is 0.214. The second kappa shape index (κ2) is 3.74. The van der Waals surface area contributed by atoms with Crippen LogP contribution in [0.15, 0.2) is 36.4 Å². The summed E-state index contributed by atoms with van der Waals surface area (Å²) in [6.45, 7) is 4.01. The average molecular weight is 195 g/mol. The highest BCUT2D eigenvalue weighted by molar-refractivity contribution is 5.84. The lowest BCUT2D eigenvalue weighted by Gasteiger charge is -2.05. The quantitative estimate of drug-likeness (QED) is 0.679. The van der Waals surface area contributed by atoms with Crippen molar-refractivity contribution in [3.8, 4) is 6.07 Å². The Morgan fingerprint density at radius 2 is 1.73 bits per heavy atom. The zero-order valence-corrected chi connectivity index (χ0v) is 8.99. The molecule has 1 unspecified atom stereocenters. The van der Waals surface area contributed by atoms with Gasteiger partial charge in [0.25, 0.3) is 0 Å². The third kappa shape index (κ3) is 1.85. The van der Waals surface area contributed by atoms with E-state index in [0.717, 1.165) is 5.56 Å². The first-order valence-electron chi connectivity index (χ1n) is 5.10. The summed E-state index contributed by atoms with van der Waals surface area (Å²) in [4.78, 5) is 0. The van der Waals surface area contributed by atoms with Crippen molar-refractivity contribution < 1.29 is 0 Å². The SMILES string of the molecule is Cc1ccc2cc(C(C)C#N)ccc2c1. The summed E-state index contributed by atoms with van der Waals surface area (Å²) in [6, 6.07) is 14.9. The lowest BCUT2D eigenvalue weighted by molar-refractivity contribution is 0.985. The number of hydrogen-bond acceptors (Lipinski definition) is 1. The molecular weight excluding hydrogens is 182 g/mol. The average Bonchev–Trinajstić information content (AvgIpc) is 2.27. The number of nitriles is 1. The van der Waals surface area contributed by atoms with Crippen LogP contribution in [-0.2, 0) is 0 Å². The second-order valence-corrected chi connectivity index (χ2v) is 3.96. The van der Waals surface area contributed by atoms with Gasteiger partial charge in [0.15, 0.2) is 0 Å². The number of hydrogen-bond donors (Lipinski definition) is 0. The van der Waals surface area contributed by atoms with Crippen molar-refractivity contribution in [3.05, 3.63) is 47.5 Å². The normalized spacial score (nSPS) is 12.3. The Morgan fingerprint density at radius 3 is 2.47 bits per heavy atom. The molecule has 0 N–H and O–H groups in total. The molecule has 0 heterocycles. The largest absolute Gasteiger partial charge is 0.198 e.